The summed E-state index contributed by atoms with van der Waals surface area (Å²) in [6, 6.07) is 6.07. The second-order valence-electron chi connectivity index (χ2n) is 4.52. The Morgan fingerprint density at radius 2 is 2.12 bits per heavy atom. The van der Waals surface area contributed by atoms with Crippen molar-refractivity contribution >= 4 is 11.6 Å². The molecular weight excluding hydrogens is 216 g/mol. The zero-order valence-electron chi connectivity index (χ0n) is 10.5. The van der Waals surface area contributed by atoms with Crippen molar-refractivity contribution in [3.05, 3.63) is 29.3 Å². The predicted octanol–water partition coefficient (Wildman–Crippen LogP) is 1.78. The quantitative estimate of drug-likeness (QED) is 0.810. The number of benzene rings is 1. The summed E-state index contributed by atoms with van der Waals surface area (Å²) in [6.07, 6.45) is 1.33. The molecule has 0 radical (unpaired) electrons. The number of hydrogen-bond acceptors (Lipinski definition) is 3. The minimum atomic E-state index is -0.0436. The van der Waals surface area contributed by atoms with E-state index in [4.69, 9.17) is 4.74 Å². The molecule has 0 aromatic heterocycles. The van der Waals surface area contributed by atoms with Crippen LogP contribution >= 0.6 is 0 Å². The van der Waals surface area contributed by atoms with Crippen molar-refractivity contribution in [2.45, 2.75) is 19.1 Å². The van der Waals surface area contributed by atoms with Crippen molar-refractivity contribution in [2.75, 3.05) is 26.5 Å². The minimum absolute atomic E-state index is 0.0436. The Hall–Kier alpha value is -1.39. The minimum Gasteiger partial charge on any atom is -0.362 e. The van der Waals surface area contributed by atoms with Gasteiger partial charge in [-0.15, -0.1) is 0 Å². The van der Waals surface area contributed by atoms with Crippen LogP contribution in [0.25, 0.3) is 0 Å². The number of carbonyl (C=O) groups excluding carboxylic acids is 1. The molecule has 0 bridgehead atoms. The number of aryl methyl sites for hydroxylation is 1. The lowest BCUT2D eigenvalue weighted by atomic mass is 9.99. The largest absolute Gasteiger partial charge is 0.362 e. The van der Waals surface area contributed by atoms with E-state index in [9.17, 15) is 4.79 Å². The molecule has 1 amide bonds. The number of hydrogen-bond donors (Lipinski definition) is 1. The first-order valence-electron chi connectivity index (χ1n) is 5.73. The molecule has 0 fully saturated rings. The van der Waals surface area contributed by atoms with Gasteiger partial charge in [0.25, 0.3) is 0 Å². The number of rotatable bonds is 3. The maximum absolute atomic E-state index is 11.3. The zero-order chi connectivity index (χ0) is 12.4. The molecule has 2 rings (SSSR count). The third kappa shape index (κ3) is 2.48. The summed E-state index contributed by atoms with van der Waals surface area (Å²) in [5.41, 5.74) is 3.23. The first kappa shape index (κ1) is 12.1. The number of nitrogens with zero attached hydrogens (tertiary/aromatic N) is 1. The van der Waals surface area contributed by atoms with Crippen molar-refractivity contribution in [3.8, 4) is 0 Å². The van der Waals surface area contributed by atoms with Gasteiger partial charge in [0.1, 0.15) is 6.23 Å². The van der Waals surface area contributed by atoms with E-state index in [1.807, 2.05) is 31.1 Å². The second-order valence-corrected chi connectivity index (χ2v) is 4.52. The molecular formula is C13H18N2O2. The number of fused-ring (bicyclic) bond motifs is 1. The SMILES string of the molecule is COC(c1ccc2c(c1)CCC(=O)N2)N(C)C. The van der Waals surface area contributed by atoms with Crippen molar-refractivity contribution < 1.29 is 9.53 Å². The van der Waals surface area contributed by atoms with Crippen LogP contribution in [-0.2, 0) is 16.0 Å². The van der Waals surface area contributed by atoms with E-state index in [0.717, 1.165) is 17.7 Å². The number of nitrogens with one attached hydrogen (secondary N) is 1. The summed E-state index contributed by atoms with van der Waals surface area (Å²) in [6.45, 7) is 0. The first-order valence-corrected chi connectivity index (χ1v) is 5.73. The highest BCUT2D eigenvalue weighted by Gasteiger charge is 2.18. The Labute approximate surface area is 102 Å². The normalized spacial score (nSPS) is 16.6. The van der Waals surface area contributed by atoms with E-state index in [-0.39, 0.29) is 12.1 Å². The fraction of sp³-hybridized carbons (Fsp3) is 0.462. The number of methoxy groups -OCH3 is 1. The molecule has 1 aliphatic heterocycles. The van der Waals surface area contributed by atoms with Gasteiger partial charge >= 0.3 is 0 Å². The molecule has 1 aromatic rings. The molecule has 0 saturated carbocycles. The van der Waals surface area contributed by atoms with Gasteiger partial charge in [-0.2, -0.15) is 0 Å². The molecule has 1 aliphatic rings. The lowest BCUT2D eigenvalue weighted by Crippen LogP contribution is -2.23. The second kappa shape index (κ2) is 4.85. The van der Waals surface area contributed by atoms with Crippen molar-refractivity contribution in [2.24, 2.45) is 0 Å². The lowest BCUT2D eigenvalue weighted by Gasteiger charge is -2.25. The third-order valence-corrected chi connectivity index (χ3v) is 3.00. The summed E-state index contributed by atoms with van der Waals surface area (Å²) < 4.78 is 5.45. The first-order chi connectivity index (χ1) is 8.11. The Kier molecular flexibility index (Phi) is 3.45. The van der Waals surface area contributed by atoms with Crippen LogP contribution in [-0.4, -0.2) is 32.0 Å². The number of anilines is 1. The van der Waals surface area contributed by atoms with Gasteiger partial charge in [-0.25, -0.2) is 0 Å². The summed E-state index contributed by atoms with van der Waals surface area (Å²) in [4.78, 5) is 13.3. The monoisotopic (exact) mass is 234 g/mol. The molecule has 4 nitrogen and oxygen atoms in total. The van der Waals surface area contributed by atoms with Crippen LogP contribution in [0.1, 0.15) is 23.8 Å². The summed E-state index contributed by atoms with van der Waals surface area (Å²) >= 11 is 0. The van der Waals surface area contributed by atoms with Gasteiger partial charge in [0.15, 0.2) is 0 Å². The van der Waals surface area contributed by atoms with E-state index >= 15 is 0 Å². The van der Waals surface area contributed by atoms with E-state index in [0.29, 0.717) is 6.42 Å². The fourth-order valence-electron chi connectivity index (χ4n) is 2.20. The van der Waals surface area contributed by atoms with E-state index in [1.54, 1.807) is 7.11 Å². The van der Waals surface area contributed by atoms with E-state index < -0.39 is 0 Å². The molecule has 17 heavy (non-hydrogen) atoms. The summed E-state index contributed by atoms with van der Waals surface area (Å²) in [5, 5.41) is 2.88. The van der Waals surface area contributed by atoms with Gasteiger partial charge in [0.05, 0.1) is 0 Å². The number of ether oxygens (including phenoxy) is 1. The average molecular weight is 234 g/mol. The van der Waals surface area contributed by atoms with Crippen molar-refractivity contribution in [1.82, 2.24) is 4.90 Å². The summed E-state index contributed by atoms with van der Waals surface area (Å²) in [7, 11) is 5.66. The van der Waals surface area contributed by atoms with Crippen LogP contribution in [0.3, 0.4) is 0 Å². The molecule has 0 aliphatic carbocycles. The van der Waals surface area contributed by atoms with Crippen LogP contribution in [0, 0.1) is 0 Å². The van der Waals surface area contributed by atoms with Crippen LogP contribution in [0.15, 0.2) is 18.2 Å². The van der Waals surface area contributed by atoms with Gasteiger partial charge in [-0.1, -0.05) is 6.07 Å². The lowest BCUT2D eigenvalue weighted by molar-refractivity contribution is -0.116. The van der Waals surface area contributed by atoms with Crippen LogP contribution < -0.4 is 5.32 Å². The molecule has 92 valence electrons. The van der Waals surface area contributed by atoms with Crippen LogP contribution in [0.4, 0.5) is 5.69 Å². The maximum atomic E-state index is 11.3. The molecule has 1 atom stereocenters. The molecule has 1 aromatic carbocycles. The predicted molar refractivity (Wildman–Crippen MR) is 66.8 cm³/mol. The Bertz CT molecular complexity index is 429. The molecule has 0 saturated heterocycles. The molecule has 1 heterocycles. The third-order valence-electron chi connectivity index (χ3n) is 3.00. The Balaban J connectivity index is 2.30. The van der Waals surface area contributed by atoms with Gasteiger partial charge in [0.2, 0.25) is 5.91 Å². The molecule has 0 spiro atoms. The van der Waals surface area contributed by atoms with Crippen molar-refractivity contribution in [1.29, 1.82) is 0 Å². The summed E-state index contributed by atoms with van der Waals surface area (Å²) in [5.74, 6) is 0.0983. The average Bonchev–Trinajstić information content (AvgIpc) is 2.29. The molecule has 4 heteroatoms. The van der Waals surface area contributed by atoms with Gasteiger partial charge in [-0.3, -0.25) is 9.69 Å². The number of carbonyl (C=O) groups is 1. The number of amides is 1. The topological polar surface area (TPSA) is 41.6 Å². The van der Waals surface area contributed by atoms with Gasteiger partial charge < -0.3 is 10.1 Å². The van der Waals surface area contributed by atoms with Crippen LogP contribution in [0.5, 0.6) is 0 Å². The highest BCUT2D eigenvalue weighted by Crippen LogP contribution is 2.27. The standard InChI is InChI=1S/C13H18N2O2/c1-15(2)13(17-3)10-4-6-11-9(8-10)5-7-12(16)14-11/h4,6,8,13H,5,7H2,1-3H3,(H,14,16). The van der Waals surface area contributed by atoms with E-state index in [2.05, 4.69) is 11.4 Å². The smallest absolute Gasteiger partial charge is 0.224 e. The van der Waals surface area contributed by atoms with Gasteiger partial charge in [0, 0.05) is 19.2 Å². The Morgan fingerprint density at radius 3 is 2.76 bits per heavy atom. The Morgan fingerprint density at radius 1 is 1.35 bits per heavy atom. The maximum Gasteiger partial charge on any atom is 0.224 e. The van der Waals surface area contributed by atoms with Gasteiger partial charge in [-0.05, 0) is 43.8 Å². The molecule has 1 N–H and O–H groups in total. The zero-order valence-corrected chi connectivity index (χ0v) is 10.5. The highest BCUT2D eigenvalue weighted by molar-refractivity contribution is 5.93. The van der Waals surface area contributed by atoms with Crippen molar-refractivity contribution in [3.63, 3.8) is 0 Å². The highest BCUT2D eigenvalue weighted by atomic mass is 16.5. The van der Waals surface area contributed by atoms with Crippen LogP contribution in [0.2, 0.25) is 0 Å². The van der Waals surface area contributed by atoms with E-state index in [1.165, 1.54) is 5.56 Å². The molecule has 1 unspecified atom stereocenters. The fourth-order valence-corrected chi connectivity index (χ4v) is 2.20.